The van der Waals surface area contributed by atoms with Crippen LogP contribution in [0.1, 0.15) is 83.9 Å². The number of rotatable bonds is 4. The molecule has 1 amide bonds. The molecule has 0 radical (unpaired) electrons. The molecular weight excluding hydrogens is 348 g/mol. The molecule has 1 aromatic carbocycles. The van der Waals surface area contributed by atoms with Crippen molar-refractivity contribution in [3.63, 3.8) is 0 Å². The van der Waals surface area contributed by atoms with Crippen molar-refractivity contribution in [2.24, 2.45) is 5.92 Å². The average Bonchev–Trinajstić information content (AvgIpc) is 3.41. The summed E-state index contributed by atoms with van der Waals surface area (Å²) in [6, 6.07) is 4.67. The molecule has 2 N–H and O–H groups in total. The lowest BCUT2D eigenvalue weighted by atomic mass is 9.79. The summed E-state index contributed by atoms with van der Waals surface area (Å²) in [5, 5.41) is 14.2. The first kappa shape index (κ1) is 21.2. The van der Waals surface area contributed by atoms with Crippen molar-refractivity contribution in [1.82, 2.24) is 10.2 Å². The van der Waals surface area contributed by atoms with E-state index in [2.05, 4.69) is 63.9 Å². The fraction of sp³-hybridized carbons (Fsp3) is 0.708. The van der Waals surface area contributed by atoms with Gasteiger partial charge in [0, 0.05) is 37.2 Å². The minimum Gasteiger partial charge on any atom is -0.507 e. The second kappa shape index (κ2) is 7.70. The highest BCUT2D eigenvalue weighted by Crippen LogP contribution is 2.38. The molecule has 1 heterocycles. The number of piperidine rings is 1. The van der Waals surface area contributed by atoms with Crippen LogP contribution in [0.25, 0.3) is 0 Å². The largest absolute Gasteiger partial charge is 0.507 e. The summed E-state index contributed by atoms with van der Waals surface area (Å²) in [7, 11) is 0. The van der Waals surface area contributed by atoms with E-state index in [0.29, 0.717) is 11.8 Å². The monoisotopic (exact) mass is 386 g/mol. The van der Waals surface area contributed by atoms with Crippen molar-refractivity contribution in [1.29, 1.82) is 0 Å². The summed E-state index contributed by atoms with van der Waals surface area (Å²) < 4.78 is 0. The van der Waals surface area contributed by atoms with Crippen LogP contribution in [-0.2, 0) is 22.2 Å². The molecule has 1 saturated carbocycles. The van der Waals surface area contributed by atoms with Gasteiger partial charge in [0.05, 0.1) is 0 Å². The molecule has 28 heavy (non-hydrogen) atoms. The Morgan fingerprint density at radius 1 is 1.04 bits per heavy atom. The molecule has 1 aliphatic carbocycles. The second-order valence-electron chi connectivity index (χ2n) is 10.9. The normalized spacial score (nSPS) is 19.6. The minimum atomic E-state index is -0.0970. The number of carbonyl (C=O) groups excluding carboxylic acids is 1. The first-order valence-electron chi connectivity index (χ1n) is 10.8. The number of nitrogens with zero attached hydrogens (tertiary/aromatic N) is 1. The Morgan fingerprint density at radius 2 is 1.64 bits per heavy atom. The number of carbonyl (C=O) groups is 1. The number of likely N-dealkylation sites (tertiary alicyclic amines) is 1. The maximum absolute atomic E-state index is 12.0. The average molecular weight is 387 g/mol. The molecule has 2 aliphatic rings. The van der Waals surface area contributed by atoms with Gasteiger partial charge in [-0.2, -0.15) is 0 Å². The molecule has 0 atom stereocenters. The van der Waals surface area contributed by atoms with Crippen LogP contribution >= 0.6 is 0 Å². The highest BCUT2D eigenvalue weighted by molar-refractivity contribution is 5.81. The molecule has 1 aromatic rings. The third kappa shape index (κ3) is 5.08. The molecule has 1 saturated heterocycles. The van der Waals surface area contributed by atoms with Crippen LogP contribution in [-0.4, -0.2) is 35.0 Å². The van der Waals surface area contributed by atoms with Crippen LogP contribution < -0.4 is 5.32 Å². The van der Waals surface area contributed by atoms with Gasteiger partial charge in [-0.3, -0.25) is 9.69 Å². The molecule has 156 valence electrons. The predicted octanol–water partition coefficient (Wildman–Crippen LogP) is 4.48. The molecule has 0 unspecified atom stereocenters. The van der Waals surface area contributed by atoms with Gasteiger partial charge in [-0.05, 0) is 47.6 Å². The number of phenols is 1. The Morgan fingerprint density at radius 3 is 2.14 bits per heavy atom. The highest BCUT2D eigenvalue weighted by atomic mass is 16.3. The maximum Gasteiger partial charge on any atom is 0.223 e. The van der Waals surface area contributed by atoms with Crippen LogP contribution in [0, 0.1) is 5.92 Å². The topological polar surface area (TPSA) is 52.6 Å². The van der Waals surface area contributed by atoms with Crippen LogP contribution in [0.15, 0.2) is 12.1 Å². The molecule has 0 bridgehead atoms. The fourth-order valence-electron chi connectivity index (χ4n) is 3.96. The summed E-state index contributed by atoms with van der Waals surface area (Å²) in [6.07, 6.45) is 4.10. The van der Waals surface area contributed by atoms with E-state index < -0.39 is 0 Å². The summed E-state index contributed by atoms with van der Waals surface area (Å²) in [5.74, 6) is 0.986. The Labute approximate surface area is 170 Å². The van der Waals surface area contributed by atoms with Gasteiger partial charge in [-0.15, -0.1) is 0 Å². The number of amides is 1. The van der Waals surface area contributed by atoms with Gasteiger partial charge in [0.1, 0.15) is 5.75 Å². The molecule has 0 spiro atoms. The lowest BCUT2D eigenvalue weighted by molar-refractivity contribution is -0.123. The third-order valence-corrected chi connectivity index (χ3v) is 6.14. The van der Waals surface area contributed by atoms with Crippen LogP contribution in [0.4, 0.5) is 0 Å². The Balaban J connectivity index is 1.70. The number of hydrogen-bond acceptors (Lipinski definition) is 3. The fourth-order valence-corrected chi connectivity index (χ4v) is 3.96. The van der Waals surface area contributed by atoms with Gasteiger partial charge in [0.25, 0.3) is 0 Å². The Hall–Kier alpha value is -1.55. The van der Waals surface area contributed by atoms with Gasteiger partial charge in [-0.25, -0.2) is 0 Å². The van der Waals surface area contributed by atoms with E-state index in [-0.39, 0.29) is 22.7 Å². The van der Waals surface area contributed by atoms with Crippen molar-refractivity contribution in [2.75, 3.05) is 13.1 Å². The third-order valence-electron chi connectivity index (χ3n) is 6.14. The molecule has 1 aliphatic heterocycles. The highest BCUT2D eigenvalue weighted by Gasteiger charge is 2.32. The minimum absolute atomic E-state index is 0.0442. The van der Waals surface area contributed by atoms with Gasteiger partial charge in [0.2, 0.25) is 5.91 Å². The molecule has 4 nitrogen and oxygen atoms in total. The van der Waals surface area contributed by atoms with Gasteiger partial charge in [0.15, 0.2) is 0 Å². The number of phenolic OH excluding ortho intramolecular Hbond substituents is 1. The lowest BCUT2D eigenvalue weighted by Gasteiger charge is -2.34. The smallest absolute Gasteiger partial charge is 0.223 e. The van der Waals surface area contributed by atoms with Crippen molar-refractivity contribution >= 4 is 5.91 Å². The van der Waals surface area contributed by atoms with E-state index in [4.69, 9.17) is 0 Å². The van der Waals surface area contributed by atoms with E-state index in [9.17, 15) is 9.90 Å². The van der Waals surface area contributed by atoms with Gasteiger partial charge in [-0.1, -0.05) is 53.7 Å². The zero-order chi connectivity index (χ0) is 20.7. The quantitative estimate of drug-likeness (QED) is 0.802. The van der Waals surface area contributed by atoms with Crippen molar-refractivity contribution < 1.29 is 9.90 Å². The van der Waals surface area contributed by atoms with Gasteiger partial charge >= 0.3 is 0 Å². The van der Waals surface area contributed by atoms with Crippen molar-refractivity contribution in [3.05, 3.63) is 28.8 Å². The first-order chi connectivity index (χ1) is 12.9. The zero-order valence-corrected chi connectivity index (χ0v) is 18.6. The zero-order valence-electron chi connectivity index (χ0n) is 18.6. The summed E-state index contributed by atoms with van der Waals surface area (Å²) in [5.41, 5.74) is 3.28. The van der Waals surface area contributed by atoms with Gasteiger partial charge < -0.3 is 10.4 Å². The molecule has 3 rings (SSSR count). The standard InChI is InChI=1S/C24H38N2O2/c1-23(2,3)18-13-17(21(27)20(14-18)24(4,5)6)15-26-11-9-19(10-12-26)25-22(28)16-7-8-16/h13-14,16,19,27H,7-12,15H2,1-6H3,(H,25,28). The second-order valence-corrected chi connectivity index (χ2v) is 10.9. The Bertz CT molecular complexity index is 715. The number of benzene rings is 1. The SMILES string of the molecule is CC(C)(C)c1cc(CN2CCC(NC(=O)C3CC3)CC2)c(O)c(C(C)(C)C)c1. The summed E-state index contributed by atoms with van der Waals surface area (Å²) in [4.78, 5) is 14.4. The van der Waals surface area contributed by atoms with Crippen LogP contribution in [0.3, 0.4) is 0 Å². The van der Waals surface area contributed by atoms with Crippen LogP contribution in [0.5, 0.6) is 5.75 Å². The molecular formula is C24H38N2O2. The maximum atomic E-state index is 12.0. The van der Waals surface area contributed by atoms with E-state index >= 15 is 0 Å². The number of hydrogen-bond donors (Lipinski definition) is 2. The number of nitrogens with one attached hydrogen (secondary N) is 1. The summed E-state index contributed by atoms with van der Waals surface area (Å²) >= 11 is 0. The molecule has 4 heteroatoms. The van der Waals surface area contributed by atoms with E-state index in [0.717, 1.165) is 56.4 Å². The molecule has 2 fully saturated rings. The number of aromatic hydroxyl groups is 1. The summed E-state index contributed by atoms with van der Waals surface area (Å²) in [6.45, 7) is 15.8. The van der Waals surface area contributed by atoms with Crippen LogP contribution in [0.2, 0.25) is 0 Å². The Kier molecular flexibility index (Phi) is 5.82. The lowest BCUT2D eigenvalue weighted by Crippen LogP contribution is -2.44. The molecule has 0 aromatic heterocycles. The van der Waals surface area contributed by atoms with E-state index in [1.165, 1.54) is 5.56 Å². The van der Waals surface area contributed by atoms with Crippen molar-refractivity contribution in [3.8, 4) is 5.75 Å². The first-order valence-corrected chi connectivity index (χ1v) is 10.8. The van der Waals surface area contributed by atoms with E-state index in [1.807, 2.05) is 0 Å². The van der Waals surface area contributed by atoms with Crippen molar-refractivity contribution in [2.45, 2.75) is 90.6 Å². The predicted molar refractivity (Wildman–Crippen MR) is 115 cm³/mol. The van der Waals surface area contributed by atoms with E-state index in [1.54, 1.807) is 0 Å².